The molecule has 0 N–H and O–H groups in total. The quantitative estimate of drug-likeness (QED) is 0.338. The van der Waals surface area contributed by atoms with Gasteiger partial charge in [-0.15, -0.1) is 11.7 Å². The second-order valence-corrected chi connectivity index (χ2v) is 7.08. The highest BCUT2D eigenvalue weighted by Gasteiger charge is 2.17. The van der Waals surface area contributed by atoms with Gasteiger partial charge < -0.3 is 4.57 Å². The first-order chi connectivity index (χ1) is 13.0. The molecule has 8 heteroatoms. The van der Waals surface area contributed by atoms with Crippen molar-refractivity contribution in [2.45, 2.75) is 32.1 Å². The van der Waals surface area contributed by atoms with Gasteiger partial charge in [-0.05, 0) is 48.0 Å². The van der Waals surface area contributed by atoms with E-state index in [1.807, 2.05) is 19.9 Å². The standard InChI is InChI=1S/C19H20FN5OS/c1-4-9-25-19(21-22-23-25)27-12-18(26)17-10-13(2)24(14(17)3)11-15-5-7-16(20)8-6-15/h4-8,10H,1,9,11-12H2,2-3H3. The first-order valence-electron chi connectivity index (χ1n) is 8.44. The fourth-order valence-electron chi connectivity index (χ4n) is 2.84. The maximum absolute atomic E-state index is 13.1. The molecule has 6 nitrogen and oxygen atoms in total. The number of allylic oxidation sites excluding steroid dienone is 1. The Balaban J connectivity index is 1.72. The molecular formula is C19H20FN5OS. The summed E-state index contributed by atoms with van der Waals surface area (Å²) in [5.74, 6) is 0.0104. The summed E-state index contributed by atoms with van der Waals surface area (Å²) in [6, 6.07) is 8.30. The molecule has 0 aliphatic rings. The van der Waals surface area contributed by atoms with Crippen LogP contribution in [0.15, 0.2) is 48.1 Å². The molecule has 0 spiro atoms. The van der Waals surface area contributed by atoms with Gasteiger partial charge in [-0.1, -0.05) is 30.0 Å². The molecule has 3 aromatic rings. The number of benzene rings is 1. The molecule has 0 radical (unpaired) electrons. The Labute approximate surface area is 161 Å². The van der Waals surface area contributed by atoms with Crippen molar-refractivity contribution in [3.63, 3.8) is 0 Å². The van der Waals surface area contributed by atoms with E-state index in [0.29, 0.717) is 23.8 Å². The summed E-state index contributed by atoms with van der Waals surface area (Å²) in [6.45, 7) is 8.65. The van der Waals surface area contributed by atoms with Crippen LogP contribution in [0.5, 0.6) is 0 Å². The maximum Gasteiger partial charge on any atom is 0.210 e. The number of hydrogen-bond donors (Lipinski definition) is 0. The Bertz CT molecular complexity index is 961. The monoisotopic (exact) mass is 385 g/mol. The number of aryl methyl sites for hydroxylation is 1. The number of carbonyl (C=O) groups is 1. The third-order valence-corrected chi connectivity index (χ3v) is 5.22. The highest BCUT2D eigenvalue weighted by atomic mass is 32.2. The maximum atomic E-state index is 13.1. The number of Topliss-reactive ketones (excluding diaryl/α,β-unsaturated/α-hetero) is 1. The molecule has 0 amide bonds. The Morgan fingerprint density at radius 3 is 2.74 bits per heavy atom. The van der Waals surface area contributed by atoms with Crippen LogP contribution >= 0.6 is 11.8 Å². The lowest BCUT2D eigenvalue weighted by atomic mass is 10.2. The largest absolute Gasteiger partial charge is 0.344 e. The number of hydrogen-bond acceptors (Lipinski definition) is 5. The predicted octanol–water partition coefficient (Wildman–Crippen LogP) is 3.44. The van der Waals surface area contributed by atoms with E-state index >= 15 is 0 Å². The van der Waals surface area contributed by atoms with E-state index in [1.54, 1.807) is 22.9 Å². The van der Waals surface area contributed by atoms with Gasteiger partial charge in [-0.2, -0.15) is 0 Å². The summed E-state index contributed by atoms with van der Waals surface area (Å²) < 4.78 is 16.8. The minimum atomic E-state index is -0.258. The molecule has 0 fully saturated rings. The SMILES string of the molecule is C=CCn1nnnc1SCC(=O)c1cc(C)n(Cc2ccc(F)cc2)c1C. The number of thioether (sulfide) groups is 1. The number of carbonyl (C=O) groups excluding carboxylic acids is 1. The van der Waals surface area contributed by atoms with Gasteiger partial charge >= 0.3 is 0 Å². The van der Waals surface area contributed by atoms with Crippen molar-refractivity contribution < 1.29 is 9.18 Å². The zero-order chi connectivity index (χ0) is 19.4. The number of ketones is 1. The van der Waals surface area contributed by atoms with Crippen LogP contribution in [0.2, 0.25) is 0 Å². The van der Waals surface area contributed by atoms with Gasteiger partial charge in [0.05, 0.1) is 12.3 Å². The van der Waals surface area contributed by atoms with Crippen LogP contribution in [-0.4, -0.2) is 36.3 Å². The number of aromatic nitrogens is 5. The van der Waals surface area contributed by atoms with E-state index in [4.69, 9.17) is 0 Å². The molecular weight excluding hydrogens is 365 g/mol. The van der Waals surface area contributed by atoms with Crippen molar-refractivity contribution in [1.29, 1.82) is 0 Å². The Hall–Kier alpha value is -2.74. The molecule has 27 heavy (non-hydrogen) atoms. The Morgan fingerprint density at radius 1 is 1.30 bits per heavy atom. The van der Waals surface area contributed by atoms with Gasteiger partial charge in [0.25, 0.3) is 0 Å². The molecule has 0 saturated heterocycles. The average Bonchev–Trinajstić information content (AvgIpc) is 3.21. The molecule has 0 aliphatic heterocycles. The van der Waals surface area contributed by atoms with Gasteiger partial charge in [0.1, 0.15) is 5.82 Å². The normalized spacial score (nSPS) is 10.9. The molecule has 2 heterocycles. The second kappa shape index (κ2) is 8.30. The van der Waals surface area contributed by atoms with Crippen LogP contribution in [-0.2, 0) is 13.1 Å². The molecule has 0 unspecified atom stereocenters. The van der Waals surface area contributed by atoms with Gasteiger partial charge in [0.15, 0.2) is 5.78 Å². The lowest BCUT2D eigenvalue weighted by Crippen LogP contribution is -2.08. The molecule has 0 bridgehead atoms. The predicted molar refractivity (Wildman–Crippen MR) is 102 cm³/mol. The van der Waals surface area contributed by atoms with Crippen molar-refractivity contribution >= 4 is 17.5 Å². The lowest BCUT2D eigenvalue weighted by molar-refractivity contribution is 0.102. The molecule has 2 aromatic heterocycles. The fourth-order valence-corrected chi connectivity index (χ4v) is 3.61. The van der Waals surface area contributed by atoms with E-state index in [-0.39, 0.29) is 17.4 Å². The first kappa shape index (κ1) is 19.0. The van der Waals surface area contributed by atoms with Crippen LogP contribution in [0, 0.1) is 19.7 Å². The molecule has 3 rings (SSSR count). The van der Waals surface area contributed by atoms with Crippen LogP contribution in [0.4, 0.5) is 4.39 Å². The van der Waals surface area contributed by atoms with Crippen molar-refractivity contribution in [3.8, 4) is 0 Å². The first-order valence-corrected chi connectivity index (χ1v) is 9.42. The van der Waals surface area contributed by atoms with Gasteiger partial charge in [0, 0.05) is 23.5 Å². The zero-order valence-corrected chi connectivity index (χ0v) is 16.0. The summed E-state index contributed by atoms with van der Waals surface area (Å²) in [6.07, 6.45) is 1.70. The number of rotatable bonds is 8. The second-order valence-electron chi connectivity index (χ2n) is 6.14. The number of nitrogens with zero attached hydrogens (tertiary/aromatic N) is 5. The van der Waals surface area contributed by atoms with Gasteiger partial charge in [0.2, 0.25) is 5.16 Å². The molecule has 0 saturated carbocycles. The fraction of sp³-hybridized carbons (Fsp3) is 0.263. The minimum absolute atomic E-state index is 0.0200. The Morgan fingerprint density at radius 2 is 2.04 bits per heavy atom. The highest BCUT2D eigenvalue weighted by molar-refractivity contribution is 7.99. The summed E-state index contributed by atoms with van der Waals surface area (Å²) in [5.41, 5.74) is 3.55. The van der Waals surface area contributed by atoms with Crippen LogP contribution in [0.3, 0.4) is 0 Å². The van der Waals surface area contributed by atoms with Crippen molar-refractivity contribution in [1.82, 2.24) is 24.8 Å². The lowest BCUT2D eigenvalue weighted by Gasteiger charge is -2.10. The van der Waals surface area contributed by atoms with Crippen molar-refractivity contribution in [2.75, 3.05) is 5.75 Å². The van der Waals surface area contributed by atoms with E-state index in [9.17, 15) is 9.18 Å². The average molecular weight is 385 g/mol. The summed E-state index contributed by atoms with van der Waals surface area (Å²) in [4.78, 5) is 12.7. The molecule has 1 aromatic carbocycles. The van der Waals surface area contributed by atoms with E-state index < -0.39 is 0 Å². The van der Waals surface area contributed by atoms with Crippen molar-refractivity contribution in [3.05, 3.63) is 71.3 Å². The number of tetrazole rings is 1. The zero-order valence-electron chi connectivity index (χ0n) is 15.2. The number of halogens is 1. The topological polar surface area (TPSA) is 65.6 Å². The van der Waals surface area contributed by atoms with Crippen LogP contribution in [0.1, 0.15) is 27.3 Å². The van der Waals surface area contributed by atoms with E-state index in [0.717, 1.165) is 17.0 Å². The van der Waals surface area contributed by atoms with Crippen molar-refractivity contribution in [2.24, 2.45) is 0 Å². The van der Waals surface area contributed by atoms with Gasteiger partial charge in [-0.25, -0.2) is 9.07 Å². The molecule has 140 valence electrons. The summed E-state index contributed by atoms with van der Waals surface area (Å²) in [5, 5.41) is 12.0. The van der Waals surface area contributed by atoms with E-state index in [1.165, 1.54) is 23.9 Å². The molecule has 0 aliphatic carbocycles. The highest BCUT2D eigenvalue weighted by Crippen LogP contribution is 2.21. The third-order valence-electron chi connectivity index (χ3n) is 4.26. The molecule has 0 atom stereocenters. The van der Waals surface area contributed by atoms with Crippen LogP contribution < -0.4 is 0 Å². The summed E-state index contributed by atoms with van der Waals surface area (Å²) in [7, 11) is 0. The third kappa shape index (κ3) is 4.33. The van der Waals surface area contributed by atoms with Crippen LogP contribution in [0.25, 0.3) is 0 Å². The Kier molecular flexibility index (Phi) is 5.85. The minimum Gasteiger partial charge on any atom is -0.344 e. The summed E-state index contributed by atoms with van der Waals surface area (Å²) >= 11 is 1.30. The van der Waals surface area contributed by atoms with Gasteiger partial charge in [-0.3, -0.25) is 4.79 Å². The van der Waals surface area contributed by atoms with E-state index in [2.05, 4.69) is 26.7 Å². The smallest absolute Gasteiger partial charge is 0.210 e.